The zero-order valence-electron chi connectivity index (χ0n) is 16.5. The molecule has 2 aliphatic rings. The van der Waals surface area contributed by atoms with Crippen LogP contribution in [0.2, 0.25) is 5.15 Å². The van der Waals surface area contributed by atoms with Gasteiger partial charge in [-0.3, -0.25) is 4.98 Å². The summed E-state index contributed by atoms with van der Waals surface area (Å²) < 4.78 is 62.3. The molecule has 2 saturated heterocycles. The minimum absolute atomic E-state index is 0.0402. The second kappa shape index (κ2) is 8.34. The van der Waals surface area contributed by atoms with E-state index in [-0.39, 0.29) is 30.1 Å². The van der Waals surface area contributed by atoms with Crippen LogP contribution in [0.4, 0.5) is 19.0 Å². The number of nitrogens with one attached hydrogen (secondary N) is 1. The molecule has 0 amide bonds. The molecule has 1 N–H and O–H groups in total. The largest absolute Gasteiger partial charge is 0.474 e. The Morgan fingerprint density at radius 3 is 2.68 bits per heavy atom. The number of nitrogens with zero attached hydrogens (tertiary/aromatic N) is 4. The summed E-state index contributed by atoms with van der Waals surface area (Å²) in [5.74, 6) is -0.690. The third-order valence-electron chi connectivity index (χ3n) is 4.68. The van der Waals surface area contributed by atoms with Gasteiger partial charge in [-0.25, -0.2) is 4.98 Å². The molecular weight excluding hydrogens is 443 g/mol. The lowest BCUT2D eigenvalue weighted by molar-refractivity contribution is -0.156. The van der Waals surface area contributed by atoms with Crippen LogP contribution >= 0.6 is 11.6 Å². The van der Waals surface area contributed by atoms with Crippen molar-refractivity contribution in [3.8, 4) is 5.88 Å². The summed E-state index contributed by atoms with van der Waals surface area (Å²) in [5, 5.41) is 10.7. The Bertz CT molecular complexity index is 918. The zero-order chi connectivity index (χ0) is 22.2. The SMILES string of the molecule is CC1(C)O[C@@H]2[C@H](O1)[C@@H](Nc1cncc(C(F)(F)F)n1)CO[C@@H]2COc1ccc(Cl)nn1. The smallest absolute Gasteiger partial charge is 0.434 e. The number of hydrogen-bond acceptors (Lipinski definition) is 9. The van der Waals surface area contributed by atoms with Gasteiger partial charge in [-0.15, -0.1) is 10.2 Å². The van der Waals surface area contributed by atoms with Gasteiger partial charge in [0.05, 0.1) is 25.0 Å². The molecule has 2 fully saturated rings. The molecule has 0 unspecified atom stereocenters. The predicted octanol–water partition coefficient (Wildman–Crippen LogP) is 2.72. The number of fused-ring (bicyclic) bond motifs is 1. The lowest BCUT2D eigenvalue weighted by atomic mass is 9.98. The van der Waals surface area contributed by atoms with Crippen LogP contribution in [-0.2, 0) is 20.4 Å². The normalized spacial score (nSPS) is 27.5. The van der Waals surface area contributed by atoms with Gasteiger partial charge in [0, 0.05) is 6.07 Å². The van der Waals surface area contributed by atoms with Gasteiger partial charge in [0.1, 0.15) is 30.7 Å². The summed E-state index contributed by atoms with van der Waals surface area (Å²) in [4.78, 5) is 7.20. The fourth-order valence-electron chi connectivity index (χ4n) is 3.41. The Hall–Kier alpha value is -2.28. The minimum atomic E-state index is -4.60. The Balaban J connectivity index is 1.46. The summed E-state index contributed by atoms with van der Waals surface area (Å²) in [6.45, 7) is 3.72. The molecule has 0 spiro atoms. The molecule has 0 aliphatic carbocycles. The number of anilines is 1. The molecule has 2 aromatic rings. The Morgan fingerprint density at radius 1 is 1.19 bits per heavy atom. The third-order valence-corrected chi connectivity index (χ3v) is 4.88. The molecule has 0 aromatic carbocycles. The van der Waals surface area contributed by atoms with E-state index in [0.29, 0.717) is 6.20 Å². The number of halogens is 4. The second-order valence-corrected chi connectivity index (χ2v) is 7.87. The Labute approximate surface area is 180 Å². The first kappa shape index (κ1) is 21.9. The van der Waals surface area contributed by atoms with Crippen LogP contribution in [0.5, 0.6) is 5.88 Å². The summed E-state index contributed by atoms with van der Waals surface area (Å²) in [6, 6.07) is 2.60. The van der Waals surface area contributed by atoms with Crippen molar-refractivity contribution in [1.82, 2.24) is 20.2 Å². The van der Waals surface area contributed by atoms with Crippen LogP contribution in [0.3, 0.4) is 0 Å². The quantitative estimate of drug-likeness (QED) is 0.720. The highest BCUT2D eigenvalue weighted by molar-refractivity contribution is 6.29. The number of alkyl halides is 3. The predicted molar refractivity (Wildman–Crippen MR) is 101 cm³/mol. The molecule has 31 heavy (non-hydrogen) atoms. The molecule has 13 heteroatoms. The first-order valence-corrected chi connectivity index (χ1v) is 9.73. The van der Waals surface area contributed by atoms with Crippen molar-refractivity contribution in [3.63, 3.8) is 0 Å². The highest BCUT2D eigenvalue weighted by atomic mass is 35.5. The van der Waals surface area contributed by atoms with Crippen LogP contribution in [0, 0.1) is 0 Å². The fraction of sp³-hybridized carbons (Fsp3) is 0.556. The van der Waals surface area contributed by atoms with Crippen molar-refractivity contribution in [2.45, 2.75) is 50.2 Å². The lowest BCUT2D eigenvalue weighted by Gasteiger charge is -2.37. The van der Waals surface area contributed by atoms with Gasteiger partial charge in [-0.1, -0.05) is 11.6 Å². The highest BCUT2D eigenvalue weighted by Crippen LogP contribution is 2.36. The molecule has 4 atom stereocenters. The highest BCUT2D eigenvalue weighted by Gasteiger charge is 2.52. The molecule has 4 rings (SSSR count). The van der Waals surface area contributed by atoms with Crippen LogP contribution in [0.25, 0.3) is 0 Å². The van der Waals surface area contributed by atoms with Gasteiger partial charge in [0.2, 0.25) is 5.88 Å². The minimum Gasteiger partial charge on any atom is -0.474 e. The van der Waals surface area contributed by atoms with Gasteiger partial charge in [0.25, 0.3) is 0 Å². The molecule has 2 aromatic heterocycles. The van der Waals surface area contributed by atoms with E-state index in [2.05, 4.69) is 25.5 Å². The third kappa shape index (κ3) is 5.14. The van der Waals surface area contributed by atoms with E-state index in [1.54, 1.807) is 26.0 Å². The van der Waals surface area contributed by atoms with Crippen molar-refractivity contribution in [1.29, 1.82) is 0 Å². The standard InChI is InChI=1S/C18H19ClF3N5O4/c1-17(2)30-15-9(24-13-6-23-5-11(25-13)18(20,21)22)7-28-10(16(15)31-17)8-29-14-4-3-12(19)26-27-14/h3-6,9-10,15-16H,7-8H2,1-2H3,(H,24,25)/t9-,10+,15+,16-/m0/s1. The van der Waals surface area contributed by atoms with Crippen molar-refractivity contribution in [2.24, 2.45) is 0 Å². The van der Waals surface area contributed by atoms with E-state index in [4.69, 9.17) is 30.5 Å². The number of hydrogen-bond donors (Lipinski definition) is 1. The van der Waals surface area contributed by atoms with E-state index in [0.717, 1.165) is 0 Å². The Kier molecular flexibility index (Phi) is 5.90. The van der Waals surface area contributed by atoms with E-state index in [1.807, 2.05) is 0 Å². The van der Waals surface area contributed by atoms with Crippen molar-refractivity contribution >= 4 is 17.4 Å². The monoisotopic (exact) mass is 461 g/mol. The molecule has 168 valence electrons. The number of aromatic nitrogens is 4. The first-order valence-electron chi connectivity index (χ1n) is 9.36. The molecule has 0 bridgehead atoms. The van der Waals surface area contributed by atoms with Crippen LogP contribution in [-0.4, -0.2) is 63.5 Å². The molecular formula is C18H19ClF3N5O4. The van der Waals surface area contributed by atoms with E-state index < -0.39 is 42.0 Å². The van der Waals surface area contributed by atoms with Crippen LogP contribution in [0.15, 0.2) is 24.5 Å². The molecule has 9 nitrogen and oxygen atoms in total. The topological polar surface area (TPSA) is 101 Å². The van der Waals surface area contributed by atoms with E-state index in [9.17, 15) is 13.2 Å². The van der Waals surface area contributed by atoms with Gasteiger partial charge in [-0.2, -0.15) is 13.2 Å². The maximum atomic E-state index is 12.9. The molecule has 0 radical (unpaired) electrons. The van der Waals surface area contributed by atoms with Crippen molar-refractivity contribution in [2.75, 3.05) is 18.5 Å². The fourth-order valence-corrected chi connectivity index (χ4v) is 3.51. The first-order chi connectivity index (χ1) is 14.6. The summed E-state index contributed by atoms with van der Waals surface area (Å²) in [6.07, 6.45) is -4.30. The molecule has 2 aliphatic heterocycles. The average Bonchev–Trinajstić information content (AvgIpc) is 3.04. The maximum absolute atomic E-state index is 12.9. The lowest BCUT2D eigenvalue weighted by Crippen LogP contribution is -2.55. The summed E-state index contributed by atoms with van der Waals surface area (Å²) in [5.41, 5.74) is -1.09. The average molecular weight is 462 g/mol. The maximum Gasteiger partial charge on any atom is 0.434 e. The van der Waals surface area contributed by atoms with Crippen molar-refractivity contribution in [3.05, 3.63) is 35.4 Å². The number of rotatable bonds is 5. The van der Waals surface area contributed by atoms with Gasteiger partial charge >= 0.3 is 6.18 Å². The number of ether oxygens (including phenoxy) is 4. The second-order valence-electron chi connectivity index (χ2n) is 7.48. The van der Waals surface area contributed by atoms with Gasteiger partial charge < -0.3 is 24.3 Å². The van der Waals surface area contributed by atoms with Gasteiger partial charge in [0.15, 0.2) is 16.6 Å². The molecule has 0 saturated carbocycles. The van der Waals surface area contributed by atoms with Crippen LogP contribution in [0.1, 0.15) is 19.5 Å². The van der Waals surface area contributed by atoms with Gasteiger partial charge in [-0.05, 0) is 19.9 Å². The molecule has 4 heterocycles. The zero-order valence-corrected chi connectivity index (χ0v) is 17.2. The summed E-state index contributed by atoms with van der Waals surface area (Å²) >= 11 is 5.71. The van der Waals surface area contributed by atoms with Crippen molar-refractivity contribution < 1.29 is 32.1 Å². The Morgan fingerprint density at radius 2 is 1.97 bits per heavy atom. The van der Waals surface area contributed by atoms with Crippen LogP contribution < -0.4 is 10.1 Å². The summed E-state index contributed by atoms with van der Waals surface area (Å²) in [7, 11) is 0. The van der Waals surface area contributed by atoms with E-state index >= 15 is 0 Å². The van der Waals surface area contributed by atoms with E-state index in [1.165, 1.54) is 6.20 Å².